The fourth-order valence-electron chi connectivity index (χ4n) is 3.25. The third-order valence-electron chi connectivity index (χ3n) is 4.70. The van der Waals surface area contributed by atoms with Crippen molar-refractivity contribution in [3.63, 3.8) is 0 Å². The Morgan fingerprint density at radius 3 is 2.59 bits per heavy atom. The van der Waals surface area contributed by atoms with Crippen molar-refractivity contribution in [1.29, 1.82) is 0 Å². The fourth-order valence-corrected chi connectivity index (χ4v) is 3.44. The van der Waals surface area contributed by atoms with E-state index in [4.69, 9.17) is 11.6 Å². The summed E-state index contributed by atoms with van der Waals surface area (Å²) in [7, 11) is 0. The molecule has 4 rings (SSSR count). The van der Waals surface area contributed by atoms with Crippen LogP contribution >= 0.6 is 11.6 Å². The first kappa shape index (κ1) is 21.0. The lowest BCUT2D eigenvalue weighted by molar-refractivity contribution is -0.384. The van der Waals surface area contributed by atoms with Crippen molar-refractivity contribution in [2.75, 3.05) is 16.0 Å². The molecule has 0 unspecified atom stereocenters. The molecule has 0 saturated heterocycles. The fraction of sp³-hybridized carbons (Fsp3) is 0.100. The zero-order chi connectivity index (χ0) is 22.8. The largest absolute Gasteiger partial charge is 0.326 e. The van der Waals surface area contributed by atoms with Crippen molar-refractivity contribution >= 4 is 52.2 Å². The average Bonchev–Trinajstić information content (AvgIpc) is 2.73. The molecule has 0 saturated carbocycles. The van der Waals surface area contributed by atoms with Crippen molar-refractivity contribution < 1.29 is 14.5 Å². The van der Waals surface area contributed by atoms with Crippen LogP contribution in [0.3, 0.4) is 0 Å². The number of nitrogens with zero attached hydrogens (tertiary/aromatic N) is 2. The summed E-state index contributed by atoms with van der Waals surface area (Å²) in [5.41, 5.74) is 0.141. The Morgan fingerprint density at radius 2 is 1.91 bits per heavy atom. The van der Waals surface area contributed by atoms with E-state index in [1.54, 1.807) is 24.3 Å². The zero-order valence-corrected chi connectivity index (χ0v) is 17.0. The summed E-state index contributed by atoms with van der Waals surface area (Å²) in [6.07, 6.45) is -0.252. The zero-order valence-electron chi connectivity index (χ0n) is 16.2. The number of anilines is 4. The quantitative estimate of drug-likeness (QED) is 0.340. The molecule has 3 aromatic rings. The lowest BCUT2D eigenvalue weighted by Crippen LogP contribution is -2.36. The van der Waals surface area contributed by atoms with Crippen LogP contribution in [0.4, 0.5) is 28.8 Å². The van der Waals surface area contributed by atoms with Gasteiger partial charge in [-0.3, -0.25) is 29.5 Å². The molecule has 2 heterocycles. The van der Waals surface area contributed by atoms with Gasteiger partial charge in [0.2, 0.25) is 17.8 Å². The number of benzene rings is 2. The molecule has 2 amide bonds. The summed E-state index contributed by atoms with van der Waals surface area (Å²) < 4.78 is 0. The molecule has 1 atom stereocenters. The highest BCUT2D eigenvalue weighted by Gasteiger charge is 2.34. The van der Waals surface area contributed by atoms with E-state index in [9.17, 15) is 24.5 Å². The second-order valence-electron chi connectivity index (χ2n) is 6.91. The van der Waals surface area contributed by atoms with Crippen molar-refractivity contribution in [1.82, 2.24) is 9.97 Å². The van der Waals surface area contributed by atoms with Gasteiger partial charge in [-0.15, -0.1) is 0 Å². The van der Waals surface area contributed by atoms with Crippen molar-refractivity contribution in [2.24, 2.45) is 0 Å². The van der Waals surface area contributed by atoms with Gasteiger partial charge >= 0.3 is 0 Å². The first-order chi connectivity index (χ1) is 15.3. The third kappa shape index (κ3) is 4.42. The number of amides is 2. The maximum absolute atomic E-state index is 12.8. The molecule has 32 heavy (non-hydrogen) atoms. The molecular formula is C20H15ClN6O5. The molecule has 2 aromatic carbocycles. The highest BCUT2D eigenvalue weighted by molar-refractivity contribution is 6.30. The molecule has 11 nitrogen and oxygen atoms in total. The van der Waals surface area contributed by atoms with Crippen molar-refractivity contribution in [3.05, 3.63) is 79.6 Å². The molecule has 0 spiro atoms. The van der Waals surface area contributed by atoms with Crippen LogP contribution in [0.1, 0.15) is 17.9 Å². The van der Waals surface area contributed by atoms with E-state index in [0.29, 0.717) is 10.7 Å². The van der Waals surface area contributed by atoms with Crippen molar-refractivity contribution in [3.8, 4) is 0 Å². The SMILES string of the molecule is O=C1C[C@@H](C(=O)Nc2ccc([N+](=O)[O-])cc2)c2c(nc(Nc3cccc(Cl)c3)[nH]c2=O)N1. The number of carbonyl (C=O) groups is 2. The van der Waals surface area contributed by atoms with Gasteiger partial charge in [0.1, 0.15) is 5.82 Å². The van der Waals surface area contributed by atoms with Gasteiger partial charge in [-0.05, 0) is 30.3 Å². The predicted octanol–water partition coefficient (Wildman–Crippen LogP) is 3.14. The van der Waals surface area contributed by atoms with E-state index in [-0.39, 0.29) is 35.1 Å². The number of non-ortho nitro benzene ring substituents is 1. The number of fused-ring (bicyclic) bond motifs is 1. The van der Waals surface area contributed by atoms with E-state index in [1.165, 1.54) is 24.3 Å². The molecule has 162 valence electrons. The Kier molecular flexibility index (Phi) is 5.56. The standard InChI is InChI=1S/C20H15ClN6O5/c21-10-2-1-3-12(8-10)23-20-25-17-16(19(30)26-20)14(9-15(28)24-17)18(29)22-11-4-6-13(7-5-11)27(31)32/h1-8,14H,9H2,(H,22,29)(H3,23,24,25,26,28,30)/t14-/m1/s1. The number of hydrogen-bond donors (Lipinski definition) is 4. The number of carbonyl (C=O) groups excluding carboxylic acids is 2. The highest BCUT2D eigenvalue weighted by Crippen LogP contribution is 2.30. The van der Waals surface area contributed by atoms with E-state index < -0.39 is 28.2 Å². The summed E-state index contributed by atoms with van der Waals surface area (Å²) in [6, 6.07) is 11.9. The number of nitrogens with one attached hydrogen (secondary N) is 4. The van der Waals surface area contributed by atoms with Gasteiger partial charge in [0.25, 0.3) is 11.2 Å². The van der Waals surface area contributed by atoms with Crippen LogP contribution in [0.5, 0.6) is 0 Å². The van der Waals surface area contributed by atoms with Gasteiger partial charge in [-0.2, -0.15) is 4.98 Å². The average molecular weight is 455 g/mol. The number of rotatable bonds is 5. The van der Waals surface area contributed by atoms with Gasteiger partial charge in [0.05, 0.1) is 16.4 Å². The summed E-state index contributed by atoms with van der Waals surface area (Å²) in [6.45, 7) is 0. The summed E-state index contributed by atoms with van der Waals surface area (Å²) in [5, 5.41) is 19.2. The van der Waals surface area contributed by atoms with Crippen LogP contribution in [-0.2, 0) is 9.59 Å². The number of halogens is 1. The topological polar surface area (TPSA) is 159 Å². The first-order valence-electron chi connectivity index (χ1n) is 9.32. The Bertz CT molecular complexity index is 1290. The second kappa shape index (κ2) is 8.47. The molecule has 1 aliphatic heterocycles. The van der Waals surface area contributed by atoms with Gasteiger partial charge in [0.15, 0.2) is 0 Å². The van der Waals surface area contributed by atoms with Gasteiger partial charge in [-0.1, -0.05) is 17.7 Å². The van der Waals surface area contributed by atoms with Crippen LogP contribution < -0.4 is 21.5 Å². The van der Waals surface area contributed by atoms with Gasteiger partial charge < -0.3 is 16.0 Å². The minimum Gasteiger partial charge on any atom is -0.326 e. The van der Waals surface area contributed by atoms with Gasteiger partial charge in [-0.25, -0.2) is 0 Å². The molecule has 12 heteroatoms. The summed E-state index contributed by atoms with van der Waals surface area (Å²) >= 11 is 5.95. The molecule has 0 radical (unpaired) electrons. The molecule has 0 aliphatic carbocycles. The summed E-state index contributed by atoms with van der Waals surface area (Å²) in [5.74, 6) is -2.15. The highest BCUT2D eigenvalue weighted by atomic mass is 35.5. The first-order valence-corrected chi connectivity index (χ1v) is 9.70. The molecule has 1 aliphatic rings. The normalized spacial score (nSPS) is 14.8. The van der Waals surface area contributed by atoms with Crippen molar-refractivity contribution in [2.45, 2.75) is 12.3 Å². The maximum atomic E-state index is 12.8. The Labute approximate surface area is 185 Å². The van der Waals surface area contributed by atoms with Crippen LogP contribution in [0.2, 0.25) is 5.02 Å². The monoisotopic (exact) mass is 454 g/mol. The van der Waals surface area contributed by atoms with Crippen LogP contribution in [0.25, 0.3) is 0 Å². The van der Waals surface area contributed by atoms with E-state index in [2.05, 4.69) is 25.9 Å². The van der Waals surface area contributed by atoms with Gasteiger partial charge in [0, 0.05) is 35.0 Å². The number of nitro groups is 1. The number of hydrogen-bond acceptors (Lipinski definition) is 7. The molecule has 1 aromatic heterocycles. The van der Waals surface area contributed by atoms with E-state index >= 15 is 0 Å². The lowest BCUT2D eigenvalue weighted by Gasteiger charge is -2.23. The third-order valence-corrected chi connectivity index (χ3v) is 4.94. The lowest BCUT2D eigenvalue weighted by atomic mass is 9.92. The molecule has 0 fully saturated rings. The maximum Gasteiger partial charge on any atom is 0.269 e. The predicted molar refractivity (Wildman–Crippen MR) is 117 cm³/mol. The smallest absolute Gasteiger partial charge is 0.269 e. The minimum atomic E-state index is -1.09. The number of H-pyrrole nitrogens is 1. The molecule has 4 N–H and O–H groups in total. The van der Waals surface area contributed by atoms with E-state index in [0.717, 1.165) is 0 Å². The Morgan fingerprint density at radius 1 is 1.16 bits per heavy atom. The molecule has 0 bridgehead atoms. The minimum absolute atomic E-state index is 0.0145. The number of aromatic nitrogens is 2. The summed E-state index contributed by atoms with van der Waals surface area (Å²) in [4.78, 5) is 54.8. The molecular weight excluding hydrogens is 440 g/mol. The second-order valence-corrected chi connectivity index (χ2v) is 7.35. The van der Waals surface area contributed by atoms with Crippen LogP contribution in [0.15, 0.2) is 53.3 Å². The van der Waals surface area contributed by atoms with Crippen LogP contribution in [0, 0.1) is 10.1 Å². The Balaban J connectivity index is 1.60. The number of aromatic amines is 1. The number of nitro benzene ring substituents is 1. The van der Waals surface area contributed by atoms with Crippen LogP contribution in [-0.4, -0.2) is 26.7 Å². The van der Waals surface area contributed by atoms with E-state index in [1.807, 2.05) is 0 Å². The Hall–Kier alpha value is -4.25.